The number of likely N-dealkylation sites (N-methyl/N-ethyl adjacent to an activating group) is 2. The van der Waals surface area contributed by atoms with Gasteiger partial charge in [0.05, 0.1) is 17.4 Å². The van der Waals surface area contributed by atoms with Gasteiger partial charge in [0.25, 0.3) is 5.91 Å². The van der Waals surface area contributed by atoms with Crippen LogP contribution >= 0.6 is 0 Å². The molecule has 0 saturated heterocycles. The molecule has 2 aromatic carbocycles. The van der Waals surface area contributed by atoms with Gasteiger partial charge in [0.1, 0.15) is 24.0 Å². The quantitative estimate of drug-likeness (QED) is 0.679. The normalized spacial score (nSPS) is 21.9. The van der Waals surface area contributed by atoms with E-state index in [1.165, 1.54) is 6.07 Å². The lowest BCUT2D eigenvalue weighted by molar-refractivity contribution is 0.0150. The van der Waals surface area contributed by atoms with Crippen LogP contribution in [0.25, 0.3) is 0 Å². The number of amides is 3. The van der Waals surface area contributed by atoms with E-state index in [4.69, 9.17) is 9.47 Å². The molecule has 1 heterocycles. The molecular weight excluding hydrogens is 458 g/mol. The second kappa shape index (κ2) is 11.5. The lowest BCUT2D eigenvalue weighted by Gasteiger charge is -2.34. The van der Waals surface area contributed by atoms with E-state index in [1.807, 2.05) is 14.0 Å². The molecule has 3 amide bonds. The molecule has 0 spiro atoms. The Balaban J connectivity index is 1.86. The molecule has 190 valence electrons. The maximum Gasteiger partial charge on any atom is 0.323 e. The molecule has 0 fully saturated rings. The summed E-state index contributed by atoms with van der Waals surface area (Å²) in [6, 6.07) is 6.74. The van der Waals surface area contributed by atoms with E-state index in [0.717, 1.165) is 24.7 Å². The van der Waals surface area contributed by atoms with Crippen molar-refractivity contribution in [2.24, 2.45) is 5.92 Å². The summed E-state index contributed by atoms with van der Waals surface area (Å²) in [4.78, 5) is 29.5. The highest BCUT2D eigenvalue weighted by Crippen LogP contribution is 2.26. The number of methoxy groups -OCH3 is 1. The molecule has 1 aliphatic heterocycles. The van der Waals surface area contributed by atoms with Crippen molar-refractivity contribution in [3.05, 3.63) is 53.6 Å². The van der Waals surface area contributed by atoms with Crippen molar-refractivity contribution >= 4 is 23.3 Å². The van der Waals surface area contributed by atoms with E-state index in [1.54, 1.807) is 31.2 Å². The van der Waals surface area contributed by atoms with Gasteiger partial charge in [-0.25, -0.2) is 13.6 Å². The first kappa shape index (κ1) is 26.4. The van der Waals surface area contributed by atoms with Gasteiger partial charge in [0.2, 0.25) is 0 Å². The number of anilines is 2. The highest BCUT2D eigenvalue weighted by molar-refractivity contribution is 6.02. The van der Waals surface area contributed by atoms with Crippen molar-refractivity contribution in [1.82, 2.24) is 9.80 Å². The van der Waals surface area contributed by atoms with E-state index in [0.29, 0.717) is 18.9 Å². The number of benzene rings is 2. The third kappa shape index (κ3) is 6.67. The number of hydrogen-bond donors (Lipinski definition) is 2. The van der Waals surface area contributed by atoms with Gasteiger partial charge in [-0.1, -0.05) is 6.92 Å². The largest absolute Gasteiger partial charge is 0.491 e. The summed E-state index contributed by atoms with van der Waals surface area (Å²) < 4.78 is 38.9. The molecule has 35 heavy (non-hydrogen) atoms. The van der Waals surface area contributed by atoms with Crippen molar-refractivity contribution in [3.63, 3.8) is 0 Å². The molecule has 0 bridgehead atoms. The molecule has 1 aliphatic rings. The van der Waals surface area contributed by atoms with Gasteiger partial charge in [-0.15, -0.1) is 0 Å². The van der Waals surface area contributed by atoms with Gasteiger partial charge in [-0.2, -0.15) is 0 Å². The first-order valence-electron chi connectivity index (χ1n) is 11.4. The third-order valence-corrected chi connectivity index (χ3v) is 6.19. The minimum absolute atomic E-state index is 0.0832. The minimum atomic E-state index is -0.784. The van der Waals surface area contributed by atoms with Crippen molar-refractivity contribution in [1.29, 1.82) is 0 Å². The fourth-order valence-corrected chi connectivity index (χ4v) is 3.91. The average molecular weight is 491 g/mol. The second-order valence-electron chi connectivity index (χ2n) is 8.95. The van der Waals surface area contributed by atoms with Crippen LogP contribution in [0.2, 0.25) is 0 Å². The number of rotatable bonds is 3. The van der Waals surface area contributed by atoms with Crippen molar-refractivity contribution < 1.29 is 27.8 Å². The molecule has 0 aromatic heterocycles. The monoisotopic (exact) mass is 490 g/mol. The highest BCUT2D eigenvalue weighted by Gasteiger charge is 2.27. The maximum atomic E-state index is 13.9. The molecule has 8 nitrogen and oxygen atoms in total. The van der Waals surface area contributed by atoms with E-state index in [9.17, 15) is 18.4 Å². The highest BCUT2D eigenvalue weighted by atomic mass is 19.1. The lowest BCUT2D eigenvalue weighted by Crippen LogP contribution is -2.45. The number of halogens is 2. The van der Waals surface area contributed by atoms with Gasteiger partial charge < -0.3 is 25.0 Å². The van der Waals surface area contributed by atoms with Crippen LogP contribution in [0.1, 0.15) is 24.2 Å². The Bertz CT molecular complexity index is 1070. The zero-order valence-corrected chi connectivity index (χ0v) is 20.6. The van der Waals surface area contributed by atoms with E-state index in [2.05, 4.69) is 22.5 Å². The summed E-state index contributed by atoms with van der Waals surface area (Å²) in [6.45, 7) is 5.63. The Hall–Kier alpha value is -3.24. The number of hydrogen-bond acceptors (Lipinski definition) is 5. The summed E-state index contributed by atoms with van der Waals surface area (Å²) in [5.41, 5.74) is 0.253. The molecule has 2 N–H and O–H groups in total. The summed E-state index contributed by atoms with van der Waals surface area (Å²) >= 11 is 0. The number of nitrogens with zero attached hydrogens (tertiary/aromatic N) is 2. The van der Waals surface area contributed by atoms with Crippen LogP contribution in [0.3, 0.4) is 0 Å². The number of nitrogens with one attached hydrogen (secondary N) is 2. The van der Waals surface area contributed by atoms with E-state index in [-0.39, 0.29) is 40.9 Å². The van der Waals surface area contributed by atoms with Crippen LogP contribution in [0.4, 0.5) is 25.0 Å². The molecule has 0 radical (unpaired) electrons. The standard InChI is InChI=1S/C25H32F2N4O4/c1-15-12-30(3)16(2)14-35-22-9-7-18(11-19(22)24(32)31(4)13-23(15)34-5)28-25(33)29-21-10-17(26)6-8-20(21)27/h6-11,15-16,23H,12-14H2,1-5H3,(H2,28,29,33)/t15-,16-,23-/m0/s1. The lowest BCUT2D eigenvalue weighted by atomic mass is 10.0. The van der Waals surface area contributed by atoms with Crippen molar-refractivity contribution in [2.75, 3.05) is 51.5 Å². The summed E-state index contributed by atoms with van der Waals surface area (Å²) in [6.07, 6.45) is -0.171. The van der Waals surface area contributed by atoms with Gasteiger partial charge in [0.15, 0.2) is 0 Å². The third-order valence-electron chi connectivity index (χ3n) is 6.19. The van der Waals surface area contributed by atoms with Gasteiger partial charge in [-0.3, -0.25) is 9.69 Å². The Morgan fingerprint density at radius 1 is 1.09 bits per heavy atom. The molecule has 3 atom stereocenters. The van der Waals surface area contributed by atoms with Crippen LogP contribution < -0.4 is 15.4 Å². The van der Waals surface area contributed by atoms with Crippen LogP contribution in [0.15, 0.2) is 36.4 Å². The van der Waals surface area contributed by atoms with Crippen LogP contribution in [0.5, 0.6) is 5.75 Å². The maximum absolute atomic E-state index is 13.9. The number of fused-ring (bicyclic) bond motifs is 1. The summed E-state index contributed by atoms with van der Waals surface area (Å²) in [5.74, 6) is -1.20. The molecule has 2 aromatic rings. The molecule has 3 rings (SSSR count). The van der Waals surface area contributed by atoms with Gasteiger partial charge in [0, 0.05) is 45.0 Å². The smallest absolute Gasteiger partial charge is 0.323 e. The number of carbonyl (C=O) groups excluding carboxylic acids is 2. The number of ether oxygens (including phenoxy) is 2. The number of urea groups is 1. The first-order valence-corrected chi connectivity index (χ1v) is 11.4. The predicted molar refractivity (Wildman–Crippen MR) is 130 cm³/mol. The molecule has 10 heteroatoms. The molecular formula is C25H32F2N4O4. The van der Waals surface area contributed by atoms with Crippen LogP contribution in [-0.4, -0.2) is 74.8 Å². The Morgan fingerprint density at radius 2 is 1.83 bits per heavy atom. The Morgan fingerprint density at radius 3 is 2.54 bits per heavy atom. The summed E-state index contributed by atoms with van der Waals surface area (Å²) in [5, 5.41) is 4.82. The molecule has 0 unspecified atom stereocenters. The molecule has 0 aliphatic carbocycles. The fraction of sp³-hybridized carbons (Fsp3) is 0.440. The zero-order chi connectivity index (χ0) is 25.7. The SMILES string of the molecule is CO[C@H]1CN(C)C(=O)c2cc(NC(=O)Nc3cc(F)ccc3F)ccc2OC[C@H](C)N(C)C[C@@H]1C. The predicted octanol–water partition coefficient (Wildman–Crippen LogP) is 4.04. The van der Waals surface area contributed by atoms with Gasteiger partial charge in [-0.05, 0) is 50.2 Å². The minimum Gasteiger partial charge on any atom is -0.491 e. The average Bonchev–Trinajstić information content (AvgIpc) is 2.82. The van der Waals surface area contributed by atoms with E-state index >= 15 is 0 Å². The van der Waals surface area contributed by atoms with E-state index < -0.39 is 17.7 Å². The van der Waals surface area contributed by atoms with Gasteiger partial charge >= 0.3 is 6.03 Å². The van der Waals surface area contributed by atoms with Crippen LogP contribution in [-0.2, 0) is 4.74 Å². The summed E-state index contributed by atoms with van der Waals surface area (Å²) in [7, 11) is 5.34. The second-order valence-corrected chi connectivity index (χ2v) is 8.95. The number of carbonyl (C=O) groups is 2. The van der Waals surface area contributed by atoms with Crippen LogP contribution in [0, 0.1) is 17.6 Å². The first-order chi connectivity index (χ1) is 16.6. The topological polar surface area (TPSA) is 83.1 Å². The fourth-order valence-electron chi connectivity index (χ4n) is 3.91. The Kier molecular flexibility index (Phi) is 8.63. The molecule has 0 saturated carbocycles. The Labute approximate surface area is 204 Å². The van der Waals surface area contributed by atoms with Crippen molar-refractivity contribution in [2.45, 2.75) is 26.0 Å². The zero-order valence-electron chi connectivity index (χ0n) is 20.6. The van der Waals surface area contributed by atoms with Crippen molar-refractivity contribution in [3.8, 4) is 5.75 Å².